The number of hydrogen-bond donors (Lipinski definition) is 0. The van der Waals surface area contributed by atoms with Crippen molar-refractivity contribution in [3.05, 3.63) is 58.1 Å². The highest BCUT2D eigenvalue weighted by atomic mass is 16.5. The molecule has 0 aliphatic carbocycles. The van der Waals surface area contributed by atoms with Gasteiger partial charge in [-0.3, -0.25) is 0 Å². The van der Waals surface area contributed by atoms with Crippen molar-refractivity contribution < 1.29 is 9.47 Å². The Balaban J connectivity index is 2.24. The Kier molecular flexibility index (Phi) is 5.12. The van der Waals surface area contributed by atoms with Gasteiger partial charge in [-0.2, -0.15) is 5.10 Å². The van der Waals surface area contributed by atoms with E-state index in [1.165, 1.54) is 16.7 Å². The predicted molar refractivity (Wildman–Crippen MR) is 107 cm³/mol. The zero-order chi connectivity index (χ0) is 18.8. The Morgan fingerprint density at radius 3 is 2.23 bits per heavy atom. The Hall–Kier alpha value is -2.62. The molecule has 1 atom stereocenters. The molecule has 2 aromatic carbocycles. The van der Waals surface area contributed by atoms with Crippen molar-refractivity contribution in [2.24, 2.45) is 10.2 Å². The second-order valence-electron chi connectivity index (χ2n) is 6.74. The van der Waals surface area contributed by atoms with Crippen molar-refractivity contribution in [1.82, 2.24) is 0 Å². The number of ether oxygens (including phenoxy) is 2. The standard InChI is InChI=1S/C22H26N2O2/c1-7-17-15(4)23-24-22(19-11-14(3)13(2)10-18(17)19)16-8-9-20(25-5)21(12-16)26-6/h8-12,17H,7H2,1-6H3. The Bertz CT molecular complexity index is 897. The molecule has 136 valence electrons. The number of benzene rings is 2. The molecule has 4 heteroatoms. The van der Waals surface area contributed by atoms with Crippen molar-refractivity contribution in [2.75, 3.05) is 14.2 Å². The number of hydrogen-bond acceptors (Lipinski definition) is 4. The molecule has 1 aliphatic heterocycles. The number of aryl methyl sites for hydroxylation is 2. The Morgan fingerprint density at radius 1 is 0.885 bits per heavy atom. The molecule has 0 saturated carbocycles. The molecular weight excluding hydrogens is 324 g/mol. The molecule has 0 radical (unpaired) electrons. The zero-order valence-electron chi connectivity index (χ0n) is 16.4. The van der Waals surface area contributed by atoms with Gasteiger partial charge >= 0.3 is 0 Å². The van der Waals surface area contributed by atoms with Crippen LogP contribution < -0.4 is 9.47 Å². The summed E-state index contributed by atoms with van der Waals surface area (Å²) < 4.78 is 10.8. The van der Waals surface area contributed by atoms with E-state index < -0.39 is 0 Å². The molecule has 0 aromatic heterocycles. The maximum absolute atomic E-state index is 5.48. The molecule has 26 heavy (non-hydrogen) atoms. The quantitative estimate of drug-likeness (QED) is 0.775. The van der Waals surface area contributed by atoms with Crippen LogP contribution in [0.2, 0.25) is 0 Å². The fourth-order valence-electron chi connectivity index (χ4n) is 3.52. The number of methoxy groups -OCH3 is 2. The Morgan fingerprint density at radius 2 is 1.58 bits per heavy atom. The van der Waals surface area contributed by atoms with Gasteiger partial charge in [0.2, 0.25) is 0 Å². The van der Waals surface area contributed by atoms with E-state index in [0.29, 0.717) is 11.5 Å². The van der Waals surface area contributed by atoms with E-state index in [1.54, 1.807) is 14.2 Å². The summed E-state index contributed by atoms with van der Waals surface area (Å²) in [4.78, 5) is 0. The number of nitrogens with zero attached hydrogens (tertiary/aromatic N) is 2. The Labute approximate surface area is 155 Å². The molecule has 0 saturated heterocycles. The highest BCUT2D eigenvalue weighted by molar-refractivity contribution is 6.16. The van der Waals surface area contributed by atoms with Gasteiger partial charge in [0.15, 0.2) is 11.5 Å². The van der Waals surface area contributed by atoms with Crippen LogP contribution in [0.5, 0.6) is 11.5 Å². The first kappa shape index (κ1) is 18.2. The lowest BCUT2D eigenvalue weighted by molar-refractivity contribution is 0.355. The minimum absolute atomic E-state index is 0.283. The van der Waals surface area contributed by atoms with Gasteiger partial charge in [0.1, 0.15) is 5.71 Å². The van der Waals surface area contributed by atoms with Gasteiger partial charge in [-0.25, -0.2) is 0 Å². The van der Waals surface area contributed by atoms with Crippen molar-refractivity contribution in [2.45, 2.75) is 40.0 Å². The first-order valence-electron chi connectivity index (χ1n) is 8.96. The summed E-state index contributed by atoms with van der Waals surface area (Å²) >= 11 is 0. The van der Waals surface area contributed by atoms with Crippen LogP contribution in [0.4, 0.5) is 0 Å². The first-order valence-corrected chi connectivity index (χ1v) is 8.96. The summed E-state index contributed by atoms with van der Waals surface area (Å²) in [5.41, 5.74) is 7.89. The van der Waals surface area contributed by atoms with Gasteiger partial charge in [-0.15, -0.1) is 5.10 Å². The van der Waals surface area contributed by atoms with Crippen LogP contribution in [-0.2, 0) is 0 Å². The fourth-order valence-corrected chi connectivity index (χ4v) is 3.52. The smallest absolute Gasteiger partial charge is 0.161 e. The van der Waals surface area contributed by atoms with E-state index in [9.17, 15) is 0 Å². The molecule has 1 heterocycles. The van der Waals surface area contributed by atoms with Crippen LogP contribution in [0.25, 0.3) is 0 Å². The van der Waals surface area contributed by atoms with Crippen molar-refractivity contribution >= 4 is 11.4 Å². The number of fused-ring (bicyclic) bond motifs is 1. The van der Waals surface area contributed by atoms with Crippen molar-refractivity contribution in [1.29, 1.82) is 0 Å². The summed E-state index contributed by atoms with van der Waals surface area (Å²) in [6, 6.07) is 10.4. The van der Waals surface area contributed by atoms with E-state index in [2.05, 4.69) is 50.0 Å². The normalized spacial score (nSPS) is 16.3. The lowest BCUT2D eigenvalue weighted by Gasteiger charge is -2.19. The maximum atomic E-state index is 5.48. The van der Waals surface area contributed by atoms with E-state index in [0.717, 1.165) is 29.0 Å². The van der Waals surface area contributed by atoms with Crippen molar-refractivity contribution in [3.63, 3.8) is 0 Å². The summed E-state index contributed by atoms with van der Waals surface area (Å²) in [5.74, 6) is 1.68. The van der Waals surface area contributed by atoms with Gasteiger partial charge < -0.3 is 9.47 Å². The second-order valence-corrected chi connectivity index (χ2v) is 6.74. The lowest BCUT2D eigenvalue weighted by Crippen LogP contribution is -2.13. The molecule has 1 unspecified atom stereocenters. The zero-order valence-corrected chi connectivity index (χ0v) is 16.4. The molecule has 0 spiro atoms. The third kappa shape index (κ3) is 3.12. The van der Waals surface area contributed by atoms with Crippen molar-refractivity contribution in [3.8, 4) is 11.5 Å². The monoisotopic (exact) mass is 350 g/mol. The third-order valence-corrected chi connectivity index (χ3v) is 5.17. The minimum atomic E-state index is 0.283. The van der Waals surface area contributed by atoms with E-state index in [1.807, 2.05) is 18.2 Å². The second kappa shape index (κ2) is 7.32. The lowest BCUT2D eigenvalue weighted by atomic mass is 9.84. The van der Waals surface area contributed by atoms with E-state index in [4.69, 9.17) is 9.47 Å². The van der Waals surface area contributed by atoms with Crippen LogP contribution in [0.3, 0.4) is 0 Å². The fraction of sp³-hybridized carbons (Fsp3) is 0.364. The summed E-state index contributed by atoms with van der Waals surface area (Å²) in [7, 11) is 3.29. The highest BCUT2D eigenvalue weighted by Crippen LogP contribution is 2.34. The van der Waals surface area contributed by atoms with Gasteiger partial charge in [0.25, 0.3) is 0 Å². The number of rotatable bonds is 4. The molecule has 0 N–H and O–H groups in total. The molecule has 0 amide bonds. The van der Waals surface area contributed by atoms with Crippen LogP contribution in [0, 0.1) is 13.8 Å². The van der Waals surface area contributed by atoms with Gasteiger partial charge in [0, 0.05) is 22.8 Å². The third-order valence-electron chi connectivity index (χ3n) is 5.17. The summed E-state index contributed by atoms with van der Waals surface area (Å²) in [6.45, 7) is 8.56. The summed E-state index contributed by atoms with van der Waals surface area (Å²) in [6.07, 6.45) is 1.000. The SMILES string of the molecule is CCC1C(C)=NN=C(c2ccc(OC)c(OC)c2)c2cc(C)c(C)cc21. The summed E-state index contributed by atoms with van der Waals surface area (Å²) in [5, 5.41) is 9.16. The van der Waals surface area contributed by atoms with Crippen LogP contribution >= 0.6 is 0 Å². The molecule has 1 aliphatic rings. The minimum Gasteiger partial charge on any atom is -0.493 e. The maximum Gasteiger partial charge on any atom is 0.161 e. The van der Waals surface area contributed by atoms with E-state index in [-0.39, 0.29) is 5.92 Å². The average Bonchev–Trinajstić information content (AvgIpc) is 2.77. The predicted octanol–water partition coefficient (Wildman–Crippen LogP) is 5.04. The topological polar surface area (TPSA) is 43.2 Å². The van der Waals surface area contributed by atoms with Gasteiger partial charge in [0.05, 0.1) is 14.2 Å². The highest BCUT2D eigenvalue weighted by Gasteiger charge is 2.24. The van der Waals surface area contributed by atoms with Crippen LogP contribution in [0.15, 0.2) is 40.5 Å². The largest absolute Gasteiger partial charge is 0.493 e. The molecule has 4 nitrogen and oxygen atoms in total. The van der Waals surface area contributed by atoms with Crippen LogP contribution in [-0.4, -0.2) is 25.6 Å². The molecule has 0 bridgehead atoms. The molecular formula is C22H26N2O2. The van der Waals surface area contributed by atoms with Crippen LogP contribution in [0.1, 0.15) is 54.0 Å². The van der Waals surface area contributed by atoms with Gasteiger partial charge in [-0.1, -0.05) is 13.0 Å². The first-order chi connectivity index (χ1) is 12.5. The molecule has 0 fully saturated rings. The van der Waals surface area contributed by atoms with E-state index >= 15 is 0 Å². The molecule has 3 rings (SSSR count). The molecule has 2 aromatic rings. The average molecular weight is 350 g/mol. The van der Waals surface area contributed by atoms with Gasteiger partial charge in [-0.05, 0) is 68.1 Å².